The minimum atomic E-state index is 0.444. The second kappa shape index (κ2) is 7.49. The standard InChI is InChI=1S/C12H24S/c1-4-7-12(8-5-2,9-6-3)10-11-13/h10-11,13H,4-9H2,1-3H3. The fourth-order valence-electron chi connectivity index (χ4n) is 2.28. The molecular weight excluding hydrogens is 176 g/mol. The van der Waals surface area contributed by atoms with E-state index in [9.17, 15) is 0 Å². The highest BCUT2D eigenvalue weighted by atomic mass is 32.1. The van der Waals surface area contributed by atoms with E-state index in [0.29, 0.717) is 5.41 Å². The third-order valence-corrected chi connectivity index (χ3v) is 2.82. The summed E-state index contributed by atoms with van der Waals surface area (Å²) >= 11 is 4.21. The Morgan fingerprint density at radius 2 is 1.31 bits per heavy atom. The van der Waals surface area contributed by atoms with Gasteiger partial charge in [-0.3, -0.25) is 0 Å². The quantitative estimate of drug-likeness (QED) is 0.560. The third kappa shape index (κ3) is 4.75. The molecule has 1 heteroatoms. The summed E-state index contributed by atoms with van der Waals surface area (Å²) in [5.74, 6) is 0. The normalized spacial score (nSPS) is 12.6. The molecule has 0 aliphatic carbocycles. The van der Waals surface area contributed by atoms with Crippen molar-refractivity contribution >= 4 is 12.6 Å². The van der Waals surface area contributed by atoms with Crippen molar-refractivity contribution in [2.45, 2.75) is 59.3 Å². The fraction of sp³-hybridized carbons (Fsp3) is 0.833. The van der Waals surface area contributed by atoms with Crippen LogP contribution in [0, 0.1) is 5.41 Å². The molecule has 0 bridgehead atoms. The fourth-order valence-corrected chi connectivity index (χ4v) is 2.59. The van der Waals surface area contributed by atoms with Gasteiger partial charge in [0, 0.05) is 0 Å². The van der Waals surface area contributed by atoms with Crippen LogP contribution in [0.4, 0.5) is 0 Å². The van der Waals surface area contributed by atoms with E-state index < -0.39 is 0 Å². The minimum Gasteiger partial charge on any atom is -0.152 e. The molecule has 0 nitrogen and oxygen atoms in total. The van der Waals surface area contributed by atoms with Crippen molar-refractivity contribution in [3.63, 3.8) is 0 Å². The topological polar surface area (TPSA) is 0 Å². The van der Waals surface area contributed by atoms with Gasteiger partial charge in [-0.15, -0.1) is 0 Å². The number of allylic oxidation sites excluding steroid dienone is 1. The van der Waals surface area contributed by atoms with Crippen molar-refractivity contribution in [3.8, 4) is 0 Å². The summed E-state index contributed by atoms with van der Waals surface area (Å²) in [7, 11) is 0. The van der Waals surface area contributed by atoms with Gasteiger partial charge in [0.1, 0.15) is 0 Å². The molecule has 0 unspecified atom stereocenters. The maximum atomic E-state index is 4.21. The smallest absolute Gasteiger partial charge is 0.0110 e. The molecule has 13 heavy (non-hydrogen) atoms. The van der Waals surface area contributed by atoms with Crippen LogP contribution in [0.25, 0.3) is 0 Å². The molecule has 0 rings (SSSR count). The Morgan fingerprint density at radius 1 is 0.923 bits per heavy atom. The van der Waals surface area contributed by atoms with Crippen LogP contribution in [0.2, 0.25) is 0 Å². The van der Waals surface area contributed by atoms with E-state index in [4.69, 9.17) is 0 Å². The van der Waals surface area contributed by atoms with Gasteiger partial charge in [0.25, 0.3) is 0 Å². The summed E-state index contributed by atoms with van der Waals surface area (Å²) < 4.78 is 0. The first-order valence-electron chi connectivity index (χ1n) is 5.56. The SMILES string of the molecule is CCCC(C=CS)(CCC)CCC. The average Bonchev–Trinajstić information content (AvgIpc) is 2.06. The van der Waals surface area contributed by atoms with Crippen molar-refractivity contribution in [3.05, 3.63) is 11.5 Å². The molecule has 0 aromatic carbocycles. The lowest BCUT2D eigenvalue weighted by molar-refractivity contribution is 0.289. The van der Waals surface area contributed by atoms with Gasteiger partial charge in [0.15, 0.2) is 0 Å². The molecule has 0 aliphatic rings. The second-order valence-corrected chi connectivity index (χ2v) is 4.23. The maximum Gasteiger partial charge on any atom is -0.0110 e. The number of rotatable bonds is 7. The number of hydrogen-bond acceptors (Lipinski definition) is 1. The second-order valence-electron chi connectivity index (χ2n) is 3.93. The Balaban J connectivity index is 4.37. The van der Waals surface area contributed by atoms with E-state index in [1.807, 2.05) is 5.41 Å². The molecule has 0 aromatic rings. The minimum absolute atomic E-state index is 0.444. The highest BCUT2D eigenvalue weighted by molar-refractivity contribution is 7.83. The Kier molecular flexibility index (Phi) is 7.54. The van der Waals surface area contributed by atoms with Crippen molar-refractivity contribution in [2.75, 3.05) is 0 Å². The van der Waals surface area contributed by atoms with Crippen molar-refractivity contribution in [1.82, 2.24) is 0 Å². The predicted molar refractivity (Wildman–Crippen MR) is 65.3 cm³/mol. The van der Waals surface area contributed by atoms with E-state index >= 15 is 0 Å². The average molecular weight is 200 g/mol. The van der Waals surface area contributed by atoms with Crippen molar-refractivity contribution < 1.29 is 0 Å². The predicted octanol–water partition coefficient (Wildman–Crippen LogP) is 4.82. The van der Waals surface area contributed by atoms with Gasteiger partial charge in [-0.25, -0.2) is 0 Å². The lowest BCUT2D eigenvalue weighted by Gasteiger charge is -2.29. The van der Waals surface area contributed by atoms with Gasteiger partial charge < -0.3 is 0 Å². The first-order chi connectivity index (χ1) is 6.24. The van der Waals surface area contributed by atoms with Gasteiger partial charge in [-0.05, 0) is 30.1 Å². The lowest BCUT2D eigenvalue weighted by Crippen LogP contribution is -2.17. The zero-order chi connectivity index (χ0) is 10.2. The van der Waals surface area contributed by atoms with Gasteiger partial charge in [0.05, 0.1) is 0 Å². The molecule has 0 amide bonds. The van der Waals surface area contributed by atoms with Gasteiger partial charge in [-0.1, -0.05) is 46.1 Å². The summed E-state index contributed by atoms with van der Waals surface area (Å²) in [4.78, 5) is 0. The highest BCUT2D eigenvalue weighted by Gasteiger charge is 2.23. The first kappa shape index (κ1) is 13.1. The van der Waals surface area contributed by atoms with Crippen LogP contribution < -0.4 is 0 Å². The Labute approximate surface area is 89.2 Å². The van der Waals surface area contributed by atoms with Crippen LogP contribution >= 0.6 is 12.6 Å². The van der Waals surface area contributed by atoms with Gasteiger partial charge >= 0.3 is 0 Å². The molecule has 0 radical (unpaired) electrons. The van der Waals surface area contributed by atoms with Crippen LogP contribution in [-0.2, 0) is 0 Å². The molecule has 0 atom stereocenters. The Bertz CT molecular complexity index is 121. The molecule has 0 aliphatic heterocycles. The molecule has 0 N–H and O–H groups in total. The molecule has 0 aromatic heterocycles. The van der Waals surface area contributed by atoms with E-state index in [2.05, 4.69) is 39.5 Å². The maximum absolute atomic E-state index is 4.21. The zero-order valence-electron chi connectivity index (χ0n) is 9.34. The zero-order valence-corrected chi connectivity index (χ0v) is 10.2. The van der Waals surface area contributed by atoms with E-state index in [-0.39, 0.29) is 0 Å². The molecular formula is C12H24S. The molecule has 0 saturated carbocycles. The Hall–Kier alpha value is 0.0900. The summed E-state index contributed by atoms with van der Waals surface area (Å²) in [6, 6.07) is 0. The van der Waals surface area contributed by atoms with Gasteiger partial charge in [-0.2, -0.15) is 12.6 Å². The largest absolute Gasteiger partial charge is 0.152 e. The van der Waals surface area contributed by atoms with Crippen LogP contribution in [0.15, 0.2) is 11.5 Å². The van der Waals surface area contributed by atoms with E-state index in [1.54, 1.807) is 0 Å². The molecule has 78 valence electrons. The first-order valence-corrected chi connectivity index (χ1v) is 6.08. The number of thiol groups is 1. The summed E-state index contributed by atoms with van der Waals surface area (Å²) in [6.07, 6.45) is 10.1. The monoisotopic (exact) mass is 200 g/mol. The molecule has 0 spiro atoms. The van der Waals surface area contributed by atoms with E-state index in [0.717, 1.165) is 0 Å². The Morgan fingerprint density at radius 3 is 1.54 bits per heavy atom. The molecule has 0 heterocycles. The van der Waals surface area contributed by atoms with Crippen LogP contribution in [-0.4, -0.2) is 0 Å². The van der Waals surface area contributed by atoms with Crippen LogP contribution in [0.1, 0.15) is 59.3 Å². The third-order valence-electron chi connectivity index (χ3n) is 2.67. The summed E-state index contributed by atoms with van der Waals surface area (Å²) in [5, 5.41) is 1.93. The lowest BCUT2D eigenvalue weighted by atomic mass is 9.76. The van der Waals surface area contributed by atoms with E-state index in [1.165, 1.54) is 38.5 Å². The van der Waals surface area contributed by atoms with Crippen LogP contribution in [0.5, 0.6) is 0 Å². The number of hydrogen-bond donors (Lipinski definition) is 1. The molecule has 0 fully saturated rings. The summed E-state index contributed by atoms with van der Waals surface area (Å²) in [6.45, 7) is 6.81. The summed E-state index contributed by atoms with van der Waals surface area (Å²) in [5.41, 5.74) is 0.444. The molecule has 0 saturated heterocycles. The highest BCUT2D eigenvalue weighted by Crippen LogP contribution is 2.36. The van der Waals surface area contributed by atoms with Crippen molar-refractivity contribution in [1.29, 1.82) is 0 Å². The van der Waals surface area contributed by atoms with Crippen molar-refractivity contribution in [2.24, 2.45) is 5.41 Å². The van der Waals surface area contributed by atoms with Gasteiger partial charge in [0.2, 0.25) is 0 Å². The van der Waals surface area contributed by atoms with Crippen LogP contribution in [0.3, 0.4) is 0 Å².